The lowest BCUT2D eigenvalue weighted by atomic mass is 9.99. The van der Waals surface area contributed by atoms with Crippen LogP contribution in [0.25, 0.3) is 0 Å². The van der Waals surface area contributed by atoms with E-state index in [9.17, 15) is 0 Å². The van der Waals surface area contributed by atoms with E-state index in [1.54, 1.807) is 11.8 Å². The Kier molecular flexibility index (Phi) is 4.68. The predicted molar refractivity (Wildman–Crippen MR) is 62.0 cm³/mol. The maximum atomic E-state index is 5.70. The molecule has 1 aromatic rings. The van der Waals surface area contributed by atoms with Crippen molar-refractivity contribution in [3.05, 3.63) is 29.8 Å². The van der Waals surface area contributed by atoms with E-state index in [1.807, 2.05) is 0 Å². The molecule has 0 aliphatic carbocycles. The quantitative estimate of drug-likeness (QED) is 0.536. The first-order valence-electron chi connectivity index (χ1n) is 4.48. The van der Waals surface area contributed by atoms with E-state index in [0.29, 0.717) is 5.92 Å². The Morgan fingerprint density at radius 2 is 1.92 bits per heavy atom. The number of hydrogen-bond acceptors (Lipinski definition) is 1. The van der Waals surface area contributed by atoms with Gasteiger partial charge in [-0.2, -0.15) is 0 Å². The minimum Gasteiger partial charge on any atom is -0.130 e. The van der Waals surface area contributed by atoms with Crippen molar-refractivity contribution in [3.63, 3.8) is 0 Å². The van der Waals surface area contributed by atoms with Crippen LogP contribution in [0.1, 0.15) is 24.8 Å². The summed E-state index contributed by atoms with van der Waals surface area (Å²) in [6, 6.07) is 8.74. The molecule has 0 fully saturated rings. The van der Waals surface area contributed by atoms with Crippen LogP contribution in [0.4, 0.5) is 0 Å². The van der Waals surface area contributed by atoms with Gasteiger partial charge in [-0.05, 0) is 36.3 Å². The van der Waals surface area contributed by atoms with Crippen molar-refractivity contribution in [1.29, 1.82) is 0 Å². The second kappa shape index (κ2) is 5.56. The first-order chi connectivity index (χ1) is 6.27. The fourth-order valence-corrected chi connectivity index (χ4v) is 2.00. The average Bonchev–Trinajstić information content (AvgIpc) is 2.18. The van der Waals surface area contributed by atoms with Gasteiger partial charge in [0.25, 0.3) is 0 Å². The van der Waals surface area contributed by atoms with Gasteiger partial charge in [0.2, 0.25) is 0 Å². The van der Waals surface area contributed by atoms with Gasteiger partial charge in [-0.15, -0.1) is 23.4 Å². The Morgan fingerprint density at radius 3 is 2.38 bits per heavy atom. The minimum absolute atomic E-state index is 0.577. The maximum absolute atomic E-state index is 5.70. The van der Waals surface area contributed by atoms with Crippen LogP contribution in [0.5, 0.6) is 0 Å². The van der Waals surface area contributed by atoms with E-state index in [2.05, 4.69) is 37.4 Å². The largest absolute Gasteiger partial charge is 0.130 e. The molecule has 0 spiro atoms. The molecular weight excluding hydrogens is 200 g/mol. The second-order valence-corrected chi connectivity index (χ2v) is 4.41. The molecule has 0 saturated carbocycles. The van der Waals surface area contributed by atoms with E-state index in [-0.39, 0.29) is 0 Å². The van der Waals surface area contributed by atoms with Crippen LogP contribution in [0.3, 0.4) is 0 Å². The van der Waals surface area contributed by atoms with Crippen molar-refractivity contribution >= 4 is 23.4 Å². The van der Waals surface area contributed by atoms with E-state index < -0.39 is 0 Å². The molecule has 0 saturated heterocycles. The topological polar surface area (TPSA) is 0 Å². The summed E-state index contributed by atoms with van der Waals surface area (Å²) < 4.78 is 0. The normalized spacial score (nSPS) is 12.8. The standard InChI is InChI=1S/C11H15ClS/c1-9(7-8-12)10-3-5-11(13-2)6-4-10/h3-6,9H,7-8H2,1-2H3. The number of thioether (sulfide) groups is 1. The molecule has 1 aromatic carbocycles. The number of rotatable bonds is 4. The minimum atomic E-state index is 0.577. The summed E-state index contributed by atoms with van der Waals surface area (Å²) in [5, 5.41) is 0. The summed E-state index contributed by atoms with van der Waals surface area (Å²) in [5.41, 5.74) is 1.39. The summed E-state index contributed by atoms with van der Waals surface area (Å²) in [6.45, 7) is 2.22. The van der Waals surface area contributed by atoms with Gasteiger partial charge in [0.05, 0.1) is 0 Å². The fourth-order valence-electron chi connectivity index (χ4n) is 1.26. The highest BCUT2D eigenvalue weighted by Crippen LogP contribution is 2.22. The number of benzene rings is 1. The highest BCUT2D eigenvalue weighted by atomic mass is 35.5. The third kappa shape index (κ3) is 3.24. The van der Waals surface area contributed by atoms with Crippen molar-refractivity contribution < 1.29 is 0 Å². The lowest BCUT2D eigenvalue weighted by Crippen LogP contribution is -1.93. The molecule has 1 rings (SSSR count). The highest BCUT2D eigenvalue weighted by molar-refractivity contribution is 7.98. The van der Waals surface area contributed by atoms with E-state index in [0.717, 1.165) is 12.3 Å². The van der Waals surface area contributed by atoms with Crippen LogP contribution < -0.4 is 0 Å². The SMILES string of the molecule is CSc1ccc(C(C)CCCl)cc1. The Balaban J connectivity index is 2.67. The lowest BCUT2D eigenvalue weighted by molar-refractivity contribution is 0.737. The van der Waals surface area contributed by atoms with Crippen LogP contribution in [0.2, 0.25) is 0 Å². The molecule has 0 heterocycles. The van der Waals surface area contributed by atoms with E-state index in [4.69, 9.17) is 11.6 Å². The first kappa shape index (κ1) is 10.9. The molecule has 72 valence electrons. The van der Waals surface area contributed by atoms with E-state index in [1.165, 1.54) is 10.5 Å². The van der Waals surface area contributed by atoms with Gasteiger partial charge in [0.15, 0.2) is 0 Å². The zero-order valence-electron chi connectivity index (χ0n) is 8.09. The molecule has 13 heavy (non-hydrogen) atoms. The molecule has 0 bridgehead atoms. The van der Waals surface area contributed by atoms with Gasteiger partial charge in [0.1, 0.15) is 0 Å². The highest BCUT2D eigenvalue weighted by Gasteiger charge is 2.03. The van der Waals surface area contributed by atoms with Crippen molar-refractivity contribution in [2.75, 3.05) is 12.1 Å². The third-order valence-corrected chi connectivity index (χ3v) is 3.19. The van der Waals surface area contributed by atoms with Crippen LogP contribution in [0.15, 0.2) is 29.2 Å². The number of hydrogen-bond donors (Lipinski definition) is 0. The average molecular weight is 215 g/mol. The molecule has 0 aliphatic rings. The van der Waals surface area contributed by atoms with Crippen molar-refractivity contribution in [2.45, 2.75) is 24.2 Å². The molecule has 2 heteroatoms. The maximum Gasteiger partial charge on any atom is 0.0229 e. The van der Waals surface area contributed by atoms with E-state index >= 15 is 0 Å². The van der Waals surface area contributed by atoms with Crippen LogP contribution in [-0.4, -0.2) is 12.1 Å². The summed E-state index contributed by atoms with van der Waals surface area (Å²) in [4.78, 5) is 1.32. The van der Waals surface area contributed by atoms with Gasteiger partial charge in [0, 0.05) is 10.8 Å². The Hall–Kier alpha value is -0.140. The van der Waals surface area contributed by atoms with Gasteiger partial charge in [-0.3, -0.25) is 0 Å². The molecule has 0 aliphatic heterocycles. The smallest absolute Gasteiger partial charge is 0.0229 e. The molecule has 1 unspecified atom stereocenters. The molecule has 0 radical (unpaired) electrons. The van der Waals surface area contributed by atoms with Crippen molar-refractivity contribution in [2.24, 2.45) is 0 Å². The molecule has 1 atom stereocenters. The molecule has 0 amide bonds. The summed E-state index contributed by atoms with van der Waals surface area (Å²) in [6.07, 6.45) is 3.15. The summed E-state index contributed by atoms with van der Waals surface area (Å²) >= 11 is 7.48. The van der Waals surface area contributed by atoms with Crippen LogP contribution >= 0.6 is 23.4 Å². The zero-order chi connectivity index (χ0) is 9.68. The van der Waals surface area contributed by atoms with Crippen LogP contribution in [-0.2, 0) is 0 Å². The summed E-state index contributed by atoms with van der Waals surface area (Å²) in [7, 11) is 0. The van der Waals surface area contributed by atoms with Gasteiger partial charge in [-0.25, -0.2) is 0 Å². The van der Waals surface area contributed by atoms with Crippen molar-refractivity contribution in [3.8, 4) is 0 Å². The Bertz CT molecular complexity index is 243. The van der Waals surface area contributed by atoms with Gasteiger partial charge < -0.3 is 0 Å². The fraction of sp³-hybridized carbons (Fsp3) is 0.455. The Labute approximate surface area is 89.7 Å². The monoisotopic (exact) mass is 214 g/mol. The molecule has 0 N–H and O–H groups in total. The second-order valence-electron chi connectivity index (χ2n) is 3.15. The molecule has 0 nitrogen and oxygen atoms in total. The van der Waals surface area contributed by atoms with Crippen LogP contribution in [0, 0.1) is 0 Å². The molecular formula is C11H15ClS. The first-order valence-corrected chi connectivity index (χ1v) is 6.23. The van der Waals surface area contributed by atoms with Gasteiger partial charge >= 0.3 is 0 Å². The number of alkyl halides is 1. The number of halogens is 1. The third-order valence-electron chi connectivity index (χ3n) is 2.23. The molecule has 0 aromatic heterocycles. The van der Waals surface area contributed by atoms with Crippen molar-refractivity contribution in [1.82, 2.24) is 0 Å². The lowest BCUT2D eigenvalue weighted by Gasteiger charge is -2.09. The predicted octanol–water partition coefficient (Wildman–Crippen LogP) is 4.14. The van der Waals surface area contributed by atoms with Gasteiger partial charge in [-0.1, -0.05) is 19.1 Å². The Morgan fingerprint density at radius 1 is 1.31 bits per heavy atom. The zero-order valence-corrected chi connectivity index (χ0v) is 9.66. The summed E-state index contributed by atoms with van der Waals surface area (Å²) in [5.74, 6) is 1.32.